The first-order valence-electron chi connectivity index (χ1n) is 20.1. The Morgan fingerprint density at radius 2 is 0.339 bits per heavy atom. The van der Waals surface area contributed by atoms with Crippen LogP contribution in [0.5, 0.6) is 0 Å². The number of hydrogen-bond donors (Lipinski definition) is 1. The van der Waals surface area contributed by atoms with E-state index in [-0.39, 0.29) is 19.5 Å². The summed E-state index contributed by atoms with van der Waals surface area (Å²) in [6.45, 7) is 1.08. The van der Waals surface area contributed by atoms with Gasteiger partial charge in [0.1, 0.15) is 0 Å². The van der Waals surface area contributed by atoms with Crippen LogP contribution in [0.25, 0.3) is 0 Å². The van der Waals surface area contributed by atoms with Gasteiger partial charge in [0.2, 0.25) is 0 Å². The summed E-state index contributed by atoms with van der Waals surface area (Å²) < 4.78 is 0. The van der Waals surface area contributed by atoms with Crippen molar-refractivity contribution in [2.45, 2.75) is 6.92 Å². The van der Waals surface area contributed by atoms with Gasteiger partial charge < -0.3 is 5.11 Å². The number of benzene rings is 9. The van der Waals surface area contributed by atoms with Crippen molar-refractivity contribution in [1.82, 2.24) is 0 Å². The minimum absolute atomic E-state index is 0. The van der Waals surface area contributed by atoms with Crippen LogP contribution in [0.2, 0.25) is 0 Å². The summed E-state index contributed by atoms with van der Waals surface area (Å²) in [5, 5.41) is 20.0. The van der Waals surface area contributed by atoms with E-state index in [0.29, 0.717) is 0 Å². The third-order valence-electron chi connectivity index (χ3n) is 9.13. The van der Waals surface area contributed by atoms with Crippen molar-refractivity contribution < 1.29 is 29.4 Å². The third-order valence-corrected chi connectivity index (χ3v) is 16.5. The first-order chi connectivity index (χ1) is 30.1. The fraction of sp³-hybridized carbons (Fsp3) is 0.0179. The molecule has 0 unspecified atom stereocenters. The largest absolute Gasteiger partial charge is 0.481 e. The second-order valence-corrected chi connectivity index (χ2v) is 20.2. The minimum atomic E-state index is -0.833. The average molecular weight is 948 g/mol. The van der Waals surface area contributed by atoms with Gasteiger partial charge in [-0.25, -0.2) is 0 Å². The molecule has 0 heterocycles. The van der Waals surface area contributed by atoms with Crippen LogP contribution in [0.3, 0.4) is 0 Å². The summed E-state index contributed by atoms with van der Waals surface area (Å²) in [6.07, 6.45) is 0. The van der Waals surface area contributed by atoms with E-state index in [0.717, 1.165) is 6.92 Å². The molecular weight excluding hydrogens is 899 g/mol. The van der Waals surface area contributed by atoms with E-state index in [1.54, 1.807) is 0 Å². The quantitative estimate of drug-likeness (QED) is 0.116. The third kappa shape index (κ3) is 14.8. The number of hydrogen-bond acceptors (Lipinski definition) is 1. The molecule has 0 bridgehead atoms. The molecule has 0 saturated carbocycles. The van der Waals surface area contributed by atoms with E-state index in [9.17, 15) is 0 Å². The number of carboxylic acids is 1. The van der Waals surface area contributed by atoms with Crippen LogP contribution in [-0.4, -0.2) is 11.1 Å². The molecule has 0 aliphatic carbocycles. The second kappa shape index (κ2) is 26.6. The molecule has 0 saturated heterocycles. The SMILES string of the molecule is CC(=O)O.[Ru].c1ccc(P(c2ccccc2)c2ccccc2)cc1.c1ccc(P(c2ccccc2)c2ccccc2)cc1.c1ccc(P(c2ccccc2)c2ccccc2)cc1. The van der Waals surface area contributed by atoms with Crippen LogP contribution in [-0.2, 0) is 24.3 Å². The molecule has 6 heteroatoms. The van der Waals surface area contributed by atoms with Crippen molar-refractivity contribution in [3.05, 3.63) is 273 Å². The van der Waals surface area contributed by atoms with Crippen LogP contribution >= 0.6 is 23.8 Å². The summed E-state index contributed by atoms with van der Waals surface area (Å²) >= 11 is 0. The van der Waals surface area contributed by atoms with Gasteiger partial charge in [-0.15, -0.1) is 0 Å². The van der Waals surface area contributed by atoms with Gasteiger partial charge in [-0.1, -0.05) is 273 Å². The van der Waals surface area contributed by atoms with Crippen LogP contribution in [0, 0.1) is 0 Å². The van der Waals surface area contributed by atoms with Gasteiger partial charge in [-0.3, -0.25) is 4.79 Å². The molecule has 308 valence electrons. The van der Waals surface area contributed by atoms with E-state index in [1.165, 1.54) is 47.7 Å². The molecule has 62 heavy (non-hydrogen) atoms. The fourth-order valence-corrected chi connectivity index (χ4v) is 13.5. The molecule has 9 aromatic carbocycles. The Kier molecular flexibility index (Phi) is 20.4. The smallest absolute Gasteiger partial charge is 0.300 e. The monoisotopic (exact) mass is 948 g/mol. The Balaban J connectivity index is 0.000000167. The zero-order valence-corrected chi connectivity index (χ0v) is 39.0. The van der Waals surface area contributed by atoms with Crippen LogP contribution in [0.15, 0.2) is 273 Å². The average Bonchev–Trinajstić information content (AvgIpc) is 3.33. The van der Waals surface area contributed by atoms with Crippen molar-refractivity contribution in [3.8, 4) is 0 Å². The zero-order chi connectivity index (χ0) is 42.3. The fourth-order valence-electron chi connectivity index (χ4n) is 6.54. The van der Waals surface area contributed by atoms with Crippen molar-refractivity contribution in [3.63, 3.8) is 0 Å². The summed E-state index contributed by atoms with van der Waals surface area (Å²) in [6, 6.07) is 97.0. The van der Waals surface area contributed by atoms with Gasteiger partial charge in [0.15, 0.2) is 0 Å². The molecule has 0 aliphatic heterocycles. The molecular formula is C56H49O2P3Ru. The molecule has 0 atom stereocenters. The van der Waals surface area contributed by atoms with Crippen molar-refractivity contribution in [1.29, 1.82) is 0 Å². The maximum absolute atomic E-state index is 9.00. The maximum atomic E-state index is 9.00. The van der Waals surface area contributed by atoms with Gasteiger partial charge in [-0.05, 0) is 71.5 Å². The van der Waals surface area contributed by atoms with Crippen molar-refractivity contribution in [2.24, 2.45) is 0 Å². The predicted octanol–water partition coefficient (Wildman–Crippen LogP) is 10.4. The normalized spacial score (nSPS) is 10.1. The van der Waals surface area contributed by atoms with Gasteiger partial charge >= 0.3 is 0 Å². The molecule has 9 rings (SSSR count). The number of aliphatic carboxylic acids is 1. The van der Waals surface area contributed by atoms with Gasteiger partial charge in [0.05, 0.1) is 0 Å². The number of rotatable bonds is 9. The van der Waals surface area contributed by atoms with Crippen LogP contribution in [0.4, 0.5) is 0 Å². The topological polar surface area (TPSA) is 37.3 Å². The molecule has 2 nitrogen and oxygen atoms in total. The maximum Gasteiger partial charge on any atom is 0.300 e. The first kappa shape index (κ1) is 47.4. The second-order valence-electron chi connectivity index (χ2n) is 13.5. The molecule has 1 N–H and O–H groups in total. The Labute approximate surface area is 384 Å². The Bertz CT molecular complexity index is 1970. The van der Waals surface area contributed by atoms with E-state index in [4.69, 9.17) is 9.90 Å². The van der Waals surface area contributed by atoms with Crippen molar-refractivity contribution in [2.75, 3.05) is 0 Å². The van der Waals surface area contributed by atoms with E-state index in [2.05, 4.69) is 273 Å². The molecule has 0 amide bonds. The summed E-state index contributed by atoms with van der Waals surface area (Å²) in [4.78, 5) is 9.00. The molecule has 0 fully saturated rings. The first-order valence-corrected chi connectivity index (χ1v) is 24.2. The molecule has 0 aliphatic rings. The standard InChI is InChI=1S/3C18H15P.C2H4O2.Ru/c3*1-4-10-16(11-5-1)19(17-12-6-2-7-13-17)18-14-8-3-9-15-18;1-2(3)4;/h3*1-15H;1H3,(H,3,4);. The summed E-state index contributed by atoms with van der Waals surface area (Å²) in [5.41, 5.74) is 0. The number of carbonyl (C=O) groups is 1. The molecule has 9 aromatic rings. The van der Waals surface area contributed by atoms with Crippen molar-refractivity contribution >= 4 is 77.5 Å². The van der Waals surface area contributed by atoms with Gasteiger partial charge in [0.25, 0.3) is 5.97 Å². The van der Waals surface area contributed by atoms with E-state index in [1.807, 2.05) is 0 Å². The summed E-state index contributed by atoms with van der Waals surface area (Å²) in [7, 11) is -1.34. The molecule has 0 aromatic heterocycles. The molecule has 0 spiro atoms. The predicted molar refractivity (Wildman–Crippen MR) is 269 cm³/mol. The van der Waals surface area contributed by atoms with Gasteiger partial charge in [-0.2, -0.15) is 0 Å². The van der Waals surface area contributed by atoms with Crippen LogP contribution in [0.1, 0.15) is 6.92 Å². The zero-order valence-electron chi connectivity index (χ0n) is 34.5. The van der Waals surface area contributed by atoms with Crippen LogP contribution < -0.4 is 47.7 Å². The Hall–Kier alpha value is -5.64. The minimum Gasteiger partial charge on any atom is -0.481 e. The van der Waals surface area contributed by atoms with E-state index < -0.39 is 29.7 Å². The van der Waals surface area contributed by atoms with E-state index >= 15 is 0 Å². The molecule has 0 radical (unpaired) electrons. The summed E-state index contributed by atoms with van der Waals surface area (Å²) in [5.74, 6) is -0.833. The number of carboxylic acid groups (broad SMARTS) is 1. The van der Waals surface area contributed by atoms with Gasteiger partial charge in [0, 0.05) is 26.4 Å². The Morgan fingerprint density at radius 3 is 0.419 bits per heavy atom. The Morgan fingerprint density at radius 1 is 0.258 bits per heavy atom.